The Kier molecular flexibility index (Phi) is 5.37. The van der Waals surface area contributed by atoms with Crippen LogP contribution >= 0.6 is 0 Å². The summed E-state index contributed by atoms with van der Waals surface area (Å²) in [4.78, 5) is 38.4. The molecule has 38 heavy (non-hydrogen) atoms. The second kappa shape index (κ2) is 7.79. The van der Waals surface area contributed by atoms with Crippen molar-refractivity contribution in [3.63, 3.8) is 0 Å². The van der Waals surface area contributed by atoms with E-state index >= 15 is 0 Å². The largest absolute Gasteiger partial charge is 0.459 e. The average Bonchev–Trinajstić information content (AvgIpc) is 3.53. The maximum Gasteiger partial charge on any atom is 0.333 e. The second-order valence-corrected chi connectivity index (χ2v) is 13.4. The molecule has 2 N–H and O–H groups in total. The Balaban J connectivity index is 1.43. The van der Waals surface area contributed by atoms with Gasteiger partial charge in [-0.25, -0.2) is 4.79 Å². The van der Waals surface area contributed by atoms with E-state index in [2.05, 4.69) is 0 Å². The highest BCUT2D eigenvalue weighted by atomic mass is 16.6. The monoisotopic (exact) mass is 528 g/mol. The first-order valence-electron chi connectivity index (χ1n) is 14.1. The Hall–Kier alpha value is -2.03. The topological polar surface area (TPSA) is 123 Å². The lowest BCUT2D eigenvalue weighted by Crippen LogP contribution is -2.71. The van der Waals surface area contributed by atoms with E-state index in [4.69, 9.17) is 14.2 Å². The maximum atomic E-state index is 13.5. The third-order valence-electron chi connectivity index (χ3n) is 12.3. The molecule has 1 spiro atoms. The standard InChI is InChI=1S/C30H40O8/c1-15-12-21(37-25(33)16(15)2)17(3)28(34)14-24(36-18(4)31)30(35)20-13-23-29(38-23)10-7-8-22(32)27(29,6)19(20)9-11-26(28,30)5/h7-8,17,19-21,23-24,34-35H,9-14H2,1-6H3/t17-,19+,20-,21-,23-,24+,26-,27+,28-,29-,30-/m1/s1. The third kappa shape index (κ3) is 2.84. The van der Waals surface area contributed by atoms with E-state index in [0.29, 0.717) is 37.7 Å². The molecular formula is C30H40O8. The quantitative estimate of drug-likeness (QED) is 0.423. The molecule has 0 unspecified atom stereocenters. The molecule has 1 saturated heterocycles. The van der Waals surface area contributed by atoms with Crippen LogP contribution in [-0.2, 0) is 28.6 Å². The van der Waals surface area contributed by atoms with Crippen LogP contribution in [0.4, 0.5) is 0 Å². The van der Waals surface area contributed by atoms with E-state index in [1.807, 2.05) is 33.8 Å². The molecule has 208 valence electrons. The summed E-state index contributed by atoms with van der Waals surface area (Å²) in [6, 6.07) is 0. The van der Waals surface area contributed by atoms with Crippen molar-refractivity contribution in [3.05, 3.63) is 23.3 Å². The van der Waals surface area contributed by atoms with E-state index in [1.54, 1.807) is 13.0 Å². The number of fused-ring (bicyclic) bond motifs is 4. The van der Waals surface area contributed by atoms with Crippen LogP contribution in [0.1, 0.15) is 80.1 Å². The van der Waals surface area contributed by atoms with Gasteiger partial charge >= 0.3 is 11.9 Å². The highest BCUT2D eigenvalue weighted by Crippen LogP contribution is 2.75. The van der Waals surface area contributed by atoms with Gasteiger partial charge < -0.3 is 24.4 Å². The summed E-state index contributed by atoms with van der Waals surface area (Å²) in [7, 11) is 0. The summed E-state index contributed by atoms with van der Waals surface area (Å²) in [5.41, 5.74) is -3.98. The highest BCUT2D eigenvalue weighted by Gasteiger charge is 2.83. The Morgan fingerprint density at radius 1 is 1.18 bits per heavy atom. The van der Waals surface area contributed by atoms with Crippen molar-refractivity contribution in [1.82, 2.24) is 0 Å². The van der Waals surface area contributed by atoms with Gasteiger partial charge in [0, 0.05) is 36.7 Å². The van der Waals surface area contributed by atoms with Gasteiger partial charge in [0.25, 0.3) is 0 Å². The van der Waals surface area contributed by atoms with Crippen LogP contribution in [0.15, 0.2) is 23.3 Å². The Bertz CT molecular complexity index is 1190. The number of carbonyl (C=O) groups excluding carboxylic acids is 3. The van der Waals surface area contributed by atoms with Crippen molar-refractivity contribution in [1.29, 1.82) is 0 Å². The molecule has 6 aliphatic rings. The molecule has 0 aromatic rings. The van der Waals surface area contributed by atoms with Gasteiger partial charge in [-0.2, -0.15) is 0 Å². The van der Waals surface area contributed by atoms with E-state index in [1.165, 1.54) is 6.92 Å². The van der Waals surface area contributed by atoms with E-state index in [0.717, 1.165) is 5.57 Å². The van der Waals surface area contributed by atoms with Crippen molar-refractivity contribution in [2.45, 2.75) is 115 Å². The normalized spacial score (nSPS) is 51.8. The first-order valence-corrected chi connectivity index (χ1v) is 14.1. The molecule has 4 fully saturated rings. The SMILES string of the molecule is CC(=O)O[C@H]1C[C@@](O)([C@H](C)[C@H]2CC(C)=C(C)C(=O)O2)[C@@]2(C)CC[C@H]3[C@@H](C[C@H]4O[C@]45CC=CC(=O)[C@]35C)[C@@]12O. The van der Waals surface area contributed by atoms with Gasteiger partial charge in [-0.05, 0) is 64.4 Å². The summed E-state index contributed by atoms with van der Waals surface area (Å²) in [5, 5.41) is 25.5. The summed E-state index contributed by atoms with van der Waals surface area (Å²) >= 11 is 0. The van der Waals surface area contributed by atoms with Crippen LogP contribution in [0, 0.1) is 28.6 Å². The molecule has 6 rings (SSSR count). The lowest BCUT2D eigenvalue weighted by Gasteiger charge is -2.62. The predicted molar refractivity (Wildman–Crippen MR) is 136 cm³/mol. The van der Waals surface area contributed by atoms with E-state index < -0.39 is 57.6 Å². The summed E-state index contributed by atoms with van der Waals surface area (Å²) < 4.78 is 17.9. The minimum Gasteiger partial charge on any atom is -0.459 e. The van der Waals surface area contributed by atoms with Gasteiger partial charge in [0.15, 0.2) is 5.78 Å². The number of carbonyl (C=O) groups is 3. The number of cyclic esters (lactones) is 1. The zero-order chi connectivity index (χ0) is 27.6. The smallest absolute Gasteiger partial charge is 0.333 e. The fourth-order valence-electron chi connectivity index (χ4n) is 9.68. The maximum absolute atomic E-state index is 13.5. The molecule has 8 heteroatoms. The molecule has 0 radical (unpaired) electrons. The predicted octanol–water partition coefficient (Wildman–Crippen LogP) is 3.18. The van der Waals surface area contributed by atoms with Gasteiger partial charge in [-0.15, -0.1) is 0 Å². The van der Waals surface area contributed by atoms with Crippen LogP contribution in [0.25, 0.3) is 0 Å². The number of ether oxygens (including phenoxy) is 3. The van der Waals surface area contributed by atoms with Crippen molar-refractivity contribution < 1.29 is 38.8 Å². The van der Waals surface area contributed by atoms with Crippen molar-refractivity contribution in [2.75, 3.05) is 0 Å². The fourth-order valence-corrected chi connectivity index (χ4v) is 9.68. The summed E-state index contributed by atoms with van der Waals surface area (Å²) in [5.74, 6) is -2.03. The third-order valence-corrected chi connectivity index (χ3v) is 12.3. The molecule has 4 aliphatic carbocycles. The van der Waals surface area contributed by atoms with Crippen LogP contribution in [0.2, 0.25) is 0 Å². The zero-order valence-electron chi connectivity index (χ0n) is 23.2. The first-order chi connectivity index (χ1) is 17.7. The average molecular weight is 529 g/mol. The van der Waals surface area contributed by atoms with Crippen molar-refractivity contribution in [3.8, 4) is 0 Å². The number of aliphatic hydroxyl groups is 2. The molecule has 8 nitrogen and oxygen atoms in total. The van der Waals surface area contributed by atoms with Gasteiger partial charge in [0.2, 0.25) is 0 Å². The zero-order valence-corrected chi connectivity index (χ0v) is 23.2. The molecular weight excluding hydrogens is 488 g/mol. The van der Waals surface area contributed by atoms with Crippen molar-refractivity contribution in [2.24, 2.45) is 28.6 Å². The molecule has 0 aromatic heterocycles. The highest BCUT2D eigenvalue weighted by molar-refractivity contribution is 5.97. The molecule has 0 bridgehead atoms. The minimum atomic E-state index is -1.59. The van der Waals surface area contributed by atoms with Crippen LogP contribution < -0.4 is 0 Å². The Morgan fingerprint density at radius 2 is 1.89 bits per heavy atom. The van der Waals surface area contributed by atoms with E-state index in [-0.39, 0.29) is 30.2 Å². The molecule has 2 aliphatic heterocycles. The number of hydrogen-bond acceptors (Lipinski definition) is 8. The van der Waals surface area contributed by atoms with Gasteiger partial charge in [-0.1, -0.05) is 25.5 Å². The number of ketones is 1. The van der Waals surface area contributed by atoms with Crippen LogP contribution in [-0.4, -0.2) is 63.0 Å². The summed E-state index contributed by atoms with van der Waals surface area (Å²) in [6.45, 7) is 10.7. The molecule has 0 amide bonds. The van der Waals surface area contributed by atoms with Crippen LogP contribution in [0.5, 0.6) is 0 Å². The number of hydrogen-bond donors (Lipinski definition) is 2. The first kappa shape index (κ1) is 26.2. The molecule has 0 aromatic carbocycles. The minimum absolute atomic E-state index is 0.0190. The Labute approximate surface area is 223 Å². The lowest BCUT2D eigenvalue weighted by molar-refractivity contribution is -0.256. The van der Waals surface area contributed by atoms with Gasteiger partial charge in [0.05, 0.1) is 17.1 Å². The molecule has 3 saturated carbocycles. The number of esters is 2. The van der Waals surface area contributed by atoms with Crippen LogP contribution in [0.3, 0.4) is 0 Å². The second-order valence-electron chi connectivity index (χ2n) is 13.4. The number of epoxide rings is 1. The van der Waals surface area contributed by atoms with E-state index in [9.17, 15) is 24.6 Å². The molecule has 2 heterocycles. The summed E-state index contributed by atoms with van der Waals surface area (Å²) in [6.07, 6.45) is 4.63. The molecule has 11 atom stereocenters. The number of allylic oxidation sites excluding steroid dienone is 1. The van der Waals surface area contributed by atoms with Crippen molar-refractivity contribution >= 4 is 17.7 Å². The van der Waals surface area contributed by atoms with Gasteiger partial charge in [-0.3, -0.25) is 9.59 Å². The Morgan fingerprint density at radius 3 is 2.55 bits per heavy atom. The lowest BCUT2D eigenvalue weighted by atomic mass is 9.42. The van der Waals surface area contributed by atoms with Gasteiger partial charge in [0.1, 0.15) is 23.4 Å². The fraction of sp³-hybridized carbons (Fsp3) is 0.767. The number of rotatable bonds is 3.